The number of hydrogen-bond acceptors (Lipinski definition) is 4. The lowest BCUT2D eigenvalue weighted by atomic mass is 10.1. The number of hydrogen-bond donors (Lipinski definition) is 3. The number of rotatable bonds is 8. The molecule has 0 radical (unpaired) electrons. The number of benzene rings is 1. The van der Waals surface area contributed by atoms with Gasteiger partial charge in [-0.3, -0.25) is 9.59 Å². The van der Waals surface area contributed by atoms with Crippen LogP contribution in [0.25, 0.3) is 0 Å². The van der Waals surface area contributed by atoms with E-state index in [9.17, 15) is 9.59 Å². The van der Waals surface area contributed by atoms with E-state index in [-0.39, 0.29) is 30.8 Å². The molecule has 0 saturated heterocycles. The summed E-state index contributed by atoms with van der Waals surface area (Å²) in [6, 6.07) is 7.42. The van der Waals surface area contributed by atoms with Gasteiger partial charge in [0.05, 0.1) is 13.2 Å². The van der Waals surface area contributed by atoms with Crippen LogP contribution in [0.1, 0.15) is 12.0 Å². The Morgan fingerprint density at radius 1 is 1.19 bits per heavy atom. The van der Waals surface area contributed by atoms with Crippen molar-refractivity contribution >= 4 is 29.9 Å². The molecule has 0 aromatic heterocycles. The normalized spacial score (nSPS) is 9.57. The minimum absolute atomic E-state index is 0. The number of ether oxygens (including phenoxy) is 1. The Morgan fingerprint density at radius 3 is 2.57 bits per heavy atom. The third-order valence-corrected chi connectivity index (χ3v) is 2.75. The average Bonchev–Trinajstić information content (AvgIpc) is 2.44. The molecular weight excluding hydrogens is 294 g/mol. The van der Waals surface area contributed by atoms with E-state index in [1.807, 2.05) is 18.2 Å². The first kappa shape index (κ1) is 19.2. The number of methoxy groups -OCH3 is 1. The molecule has 6 nitrogen and oxygen atoms in total. The Labute approximate surface area is 130 Å². The second kappa shape index (κ2) is 10.9. The van der Waals surface area contributed by atoms with Gasteiger partial charge in [-0.1, -0.05) is 18.2 Å². The van der Waals surface area contributed by atoms with Crippen LogP contribution in [0.5, 0.6) is 0 Å². The third kappa shape index (κ3) is 8.16. The maximum Gasteiger partial charge on any atom is 0.239 e. The molecule has 0 heterocycles. The number of para-hydroxylation sites is 1. The van der Waals surface area contributed by atoms with Crippen LogP contribution >= 0.6 is 12.4 Å². The molecule has 4 N–H and O–H groups in total. The number of aryl methyl sites for hydroxylation is 1. The Hall–Kier alpha value is -1.79. The second-order valence-electron chi connectivity index (χ2n) is 4.32. The Bertz CT molecular complexity index is 455. The standard InChI is InChI=1S/C14H21N3O3.ClH/c1-20-9-8-16-14(19)10-17-13(18)7-6-11-4-2-3-5-12(11)15;/h2-5H,6-10,15H2,1H3,(H,16,19)(H,17,18);1H. The van der Waals surface area contributed by atoms with E-state index in [1.165, 1.54) is 0 Å². The predicted octanol–water partition coefficient (Wildman–Crippen LogP) is 0.502. The van der Waals surface area contributed by atoms with Crippen LogP contribution in [-0.4, -0.2) is 38.6 Å². The molecule has 0 aliphatic carbocycles. The van der Waals surface area contributed by atoms with Crippen molar-refractivity contribution < 1.29 is 14.3 Å². The first-order valence-corrected chi connectivity index (χ1v) is 6.49. The molecule has 0 bridgehead atoms. The number of anilines is 1. The van der Waals surface area contributed by atoms with Gasteiger partial charge >= 0.3 is 0 Å². The highest BCUT2D eigenvalue weighted by Gasteiger charge is 2.06. The van der Waals surface area contributed by atoms with Crippen molar-refractivity contribution in [2.75, 3.05) is 32.5 Å². The summed E-state index contributed by atoms with van der Waals surface area (Å²) < 4.78 is 4.80. The molecule has 0 unspecified atom stereocenters. The van der Waals surface area contributed by atoms with Gasteiger partial charge in [-0.15, -0.1) is 12.4 Å². The summed E-state index contributed by atoms with van der Waals surface area (Å²) in [5, 5.41) is 5.19. The van der Waals surface area contributed by atoms with E-state index in [0.717, 1.165) is 5.56 Å². The Morgan fingerprint density at radius 2 is 1.90 bits per heavy atom. The van der Waals surface area contributed by atoms with E-state index in [0.29, 0.717) is 31.7 Å². The van der Waals surface area contributed by atoms with Gasteiger partial charge in [0.15, 0.2) is 0 Å². The van der Waals surface area contributed by atoms with Crippen molar-refractivity contribution in [2.24, 2.45) is 0 Å². The number of carbonyl (C=O) groups excluding carboxylic acids is 2. The fourth-order valence-corrected chi connectivity index (χ4v) is 1.63. The number of nitrogen functional groups attached to an aromatic ring is 1. The van der Waals surface area contributed by atoms with Crippen LogP contribution in [-0.2, 0) is 20.7 Å². The van der Waals surface area contributed by atoms with Gasteiger partial charge in [0.25, 0.3) is 0 Å². The second-order valence-corrected chi connectivity index (χ2v) is 4.32. The van der Waals surface area contributed by atoms with Crippen molar-refractivity contribution in [1.82, 2.24) is 10.6 Å². The van der Waals surface area contributed by atoms with Crippen LogP contribution in [0.4, 0.5) is 5.69 Å². The van der Waals surface area contributed by atoms with Gasteiger partial charge in [0.1, 0.15) is 0 Å². The fraction of sp³-hybridized carbons (Fsp3) is 0.429. The smallest absolute Gasteiger partial charge is 0.239 e. The molecule has 0 fully saturated rings. The monoisotopic (exact) mass is 315 g/mol. The topological polar surface area (TPSA) is 93.5 Å². The number of nitrogens with one attached hydrogen (secondary N) is 2. The number of amides is 2. The average molecular weight is 316 g/mol. The Kier molecular flexibility index (Phi) is 10.0. The molecule has 21 heavy (non-hydrogen) atoms. The SMILES string of the molecule is COCCNC(=O)CNC(=O)CCc1ccccc1N.Cl. The van der Waals surface area contributed by atoms with Crippen molar-refractivity contribution in [3.8, 4) is 0 Å². The third-order valence-electron chi connectivity index (χ3n) is 2.75. The number of halogens is 1. The van der Waals surface area contributed by atoms with Gasteiger partial charge in [0.2, 0.25) is 11.8 Å². The maximum absolute atomic E-state index is 11.6. The number of nitrogens with two attached hydrogens (primary N) is 1. The van der Waals surface area contributed by atoms with E-state index in [1.54, 1.807) is 13.2 Å². The van der Waals surface area contributed by atoms with Gasteiger partial charge in [-0.25, -0.2) is 0 Å². The van der Waals surface area contributed by atoms with Crippen molar-refractivity contribution in [3.05, 3.63) is 29.8 Å². The van der Waals surface area contributed by atoms with Crippen molar-refractivity contribution in [1.29, 1.82) is 0 Å². The lowest BCUT2D eigenvalue weighted by Gasteiger charge is -2.07. The summed E-state index contributed by atoms with van der Waals surface area (Å²) >= 11 is 0. The van der Waals surface area contributed by atoms with Crippen LogP contribution in [0.3, 0.4) is 0 Å². The molecule has 7 heteroatoms. The van der Waals surface area contributed by atoms with Crippen LogP contribution < -0.4 is 16.4 Å². The zero-order chi connectivity index (χ0) is 14.8. The minimum Gasteiger partial charge on any atom is -0.399 e. The van der Waals surface area contributed by atoms with E-state index in [2.05, 4.69) is 10.6 Å². The van der Waals surface area contributed by atoms with Crippen LogP contribution in [0.15, 0.2) is 24.3 Å². The summed E-state index contributed by atoms with van der Waals surface area (Å²) in [5.74, 6) is -0.398. The molecule has 0 aliphatic heterocycles. The first-order chi connectivity index (χ1) is 9.63. The number of carbonyl (C=O) groups is 2. The zero-order valence-electron chi connectivity index (χ0n) is 12.1. The summed E-state index contributed by atoms with van der Waals surface area (Å²) in [6.45, 7) is 0.867. The zero-order valence-corrected chi connectivity index (χ0v) is 12.9. The maximum atomic E-state index is 11.6. The van der Waals surface area contributed by atoms with Crippen LogP contribution in [0, 0.1) is 0 Å². The largest absolute Gasteiger partial charge is 0.399 e. The van der Waals surface area contributed by atoms with Gasteiger partial charge < -0.3 is 21.1 Å². The molecule has 118 valence electrons. The Balaban J connectivity index is 0.00000400. The molecule has 1 aromatic rings. The first-order valence-electron chi connectivity index (χ1n) is 6.49. The molecule has 0 atom stereocenters. The fourth-order valence-electron chi connectivity index (χ4n) is 1.63. The lowest BCUT2D eigenvalue weighted by Crippen LogP contribution is -2.38. The summed E-state index contributed by atoms with van der Waals surface area (Å²) in [4.78, 5) is 23.0. The highest BCUT2D eigenvalue weighted by atomic mass is 35.5. The minimum atomic E-state index is -0.227. The van der Waals surface area contributed by atoms with E-state index in [4.69, 9.17) is 10.5 Å². The molecule has 0 spiro atoms. The quantitative estimate of drug-likeness (QED) is 0.481. The highest BCUT2D eigenvalue weighted by molar-refractivity contribution is 5.85. The van der Waals surface area contributed by atoms with E-state index >= 15 is 0 Å². The summed E-state index contributed by atoms with van der Waals surface area (Å²) in [5.41, 5.74) is 7.40. The molecule has 2 amide bonds. The van der Waals surface area contributed by atoms with Crippen molar-refractivity contribution in [3.63, 3.8) is 0 Å². The van der Waals surface area contributed by atoms with E-state index < -0.39 is 0 Å². The van der Waals surface area contributed by atoms with Crippen LogP contribution in [0.2, 0.25) is 0 Å². The lowest BCUT2D eigenvalue weighted by molar-refractivity contribution is -0.126. The predicted molar refractivity (Wildman–Crippen MR) is 84.3 cm³/mol. The van der Waals surface area contributed by atoms with Gasteiger partial charge in [-0.2, -0.15) is 0 Å². The summed E-state index contributed by atoms with van der Waals surface area (Å²) in [7, 11) is 1.56. The molecule has 0 aliphatic rings. The van der Waals surface area contributed by atoms with Crippen molar-refractivity contribution in [2.45, 2.75) is 12.8 Å². The van der Waals surface area contributed by atoms with Gasteiger partial charge in [0, 0.05) is 25.8 Å². The molecule has 1 aromatic carbocycles. The highest BCUT2D eigenvalue weighted by Crippen LogP contribution is 2.12. The summed E-state index contributed by atoms with van der Waals surface area (Å²) in [6.07, 6.45) is 0.864. The molecule has 0 saturated carbocycles. The molecular formula is C14H22ClN3O3. The molecule has 1 rings (SSSR count). The van der Waals surface area contributed by atoms with Gasteiger partial charge in [-0.05, 0) is 18.1 Å².